The molecular formula is C29H34F3N5O4S. The second-order valence-corrected chi connectivity index (χ2v) is 13.4. The van der Waals surface area contributed by atoms with Crippen LogP contribution in [0.5, 0.6) is 5.75 Å². The molecule has 0 spiro atoms. The summed E-state index contributed by atoms with van der Waals surface area (Å²) in [6.45, 7) is 9.29. The largest absolute Gasteiger partial charge is 0.494 e. The number of halogens is 3. The van der Waals surface area contributed by atoms with Gasteiger partial charge in [-0.3, -0.25) is 9.69 Å². The Labute approximate surface area is 243 Å². The Morgan fingerprint density at radius 1 is 0.952 bits per heavy atom. The molecule has 9 nitrogen and oxygen atoms in total. The van der Waals surface area contributed by atoms with Crippen LogP contribution in [0.1, 0.15) is 49.3 Å². The highest BCUT2D eigenvalue weighted by Gasteiger charge is 2.33. The highest BCUT2D eigenvalue weighted by molar-refractivity contribution is 7.91. The summed E-state index contributed by atoms with van der Waals surface area (Å²) in [6.07, 6.45) is -4.49. The number of hydrogen-bond donors (Lipinski definition) is 1. The molecule has 1 N–H and O–H groups in total. The summed E-state index contributed by atoms with van der Waals surface area (Å²) >= 11 is 0. The van der Waals surface area contributed by atoms with E-state index in [0.717, 1.165) is 6.07 Å². The zero-order valence-electron chi connectivity index (χ0n) is 23.9. The van der Waals surface area contributed by atoms with Gasteiger partial charge in [0.25, 0.3) is 5.91 Å². The van der Waals surface area contributed by atoms with Crippen molar-refractivity contribution in [3.8, 4) is 16.9 Å². The van der Waals surface area contributed by atoms with Crippen molar-refractivity contribution in [3.05, 3.63) is 71.4 Å². The first-order valence-corrected chi connectivity index (χ1v) is 15.0. The van der Waals surface area contributed by atoms with Gasteiger partial charge in [0.15, 0.2) is 11.5 Å². The van der Waals surface area contributed by atoms with Crippen LogP contribution < -0.4 is 14.4 Å². The third-order valence-corrected chi connectivity index (χ3v) is 8.88. The van der Waals surface area contributed by atoms with Gasteiger partial charge in [0.05, 0.1) is 16.9 Å². The van der Waals surface area contributed by atoms with E-state index in [2.05, 4.69) is 15.1 Å². The summed E-state index contributed by atoms with van der Waals surface area (Å²) < 4.78 is 72.2. The Hall–Kier alpha value is -3.71. The van der Waals surface area contributed by atoms with E-state index in [0.29, 0.717) is 67.6 Å². The molecule has 0 unspecified atom stereocenters. The maximum atomic E-state index is 13.8. The van der Waals surface area contributed by atoms with Gasteiger partial charge in [-0.2, -0.15) is 13.2 Å². The molecule has 0 bridgehead atoms. The molecule has 2 aromatic carbocycles. The molecule has 1 aliphatic heterocycles. The first-order valence-electron chi connectivity index (χ1n) is 13.5. The number of benzene rings is 2. The van der Waals surface area contributed by atoms with Gasteiger partial charge in [0.1, 0.15) is 5.75 Å². The number of piperazine rings is 1. The lowest BCUT2D eigenvalue weighted by atomic mass is 9.99. The third kappa shape index (κ3) is 7.57. The molecule has 1 fully saturated rings. The molecule has 4 rings (SSSR count). The summed E-state index contributed by atoms with van der Waals surface area (Å²) in [7, 11) is -3.89. The second-order valence-electron chi connectivity index (χ2n) is 11.0. The lowest BCUT2D eigenvalue weighted by Crippen LogP contribution is -2.46. The van der Waals surface area contributed by atoms with Gasteiger partial charge >= 0.3 is 6.18 Å². The normalized spacial score (nSPS) is 15.0. The fourth-order valence-corrected chi connectivity index (χ4v) is 5.04. The van der Waals surface area contributed by atoms with Crippen molar-refractivity contribution in [3.63, 3.8) is 0 Å². The number of carbonyl (C=O) groups excluding carboxylic acids is 1. The number of hydrogen-bond acceptors (Lipinski definition) is 8. The molecule has 1 amide bonds. The standard InChI is InChI=1S/C29H34F3N5O4S/c1-5-41-24-8-6-7-21(18-24)22-15-20(16-23(17-22)29(30,31)32)19-36-11-13-37(14-12-36)26-10-9-25(33-34-26)27(38)35-42(39,40)28(2,3)4/h6-10,15-18H,5,11-14,19H2,1-4H3,(H,35,38). The molecule has 42 heavy (non-hydrogen) atoms. The Bertz CT molecular complexity index is 1520. The van der Waals surface area contributed by atoms with Gasteiger partial charge in [0.2, 0.25) is 10.0 Å². The van der Waals surface area contributed by atoms with Gasteiger partial charge in [0, 0.05) is 32.7 Å². The highest BCUT2D eigenvalue weighted by Crippen LogP contribution is 2.35. The number of anilines is 1. The number of carbonyl (C=O) groups is 1. The topological polar surface area (TPSA) is 105 Å². The molecule has 13 heteroatoms. The maximum Gasteiger partial charge on any atom is 0.416 e. The van der Waals surface area contributed by atoms with Crippen LogP contribution >= 0.6 is 0 Å². The molecule has 1 saturated heterocycles. The third-order valence-electron chi connectivity index (χ3n) is 6.82. The number of alkyl halides is 3. The van der Waals surface area contributed by atoms with Crippen LogP contribution in [0.3, 0.4) is 0 Å². The van der Waals surface area contributed by atoms with Crippen LogP contribution in [0.25, 0.3) is 11.1 Å². The number of nitrogens with one attached hydrogen (secondary N) is 1. The van der Waals surface area contributed by atoms with Crippen LogP contribution in [0, 0.1) is 0 Å². The summed E-state index contributed by atoms with van der Waals surface area (Å²) in [4.78, 5) is 16.4. The van der Waals surface area contributed by atoms with E-state index in [4.69, 9.17) is 4.74 Å². The van der Waals surface area contributed by atoms with E-state index < -0.39 is 32.4 Å². The molecule has 1 aromatic heterocycles. The van der Waals surface area contributed by atoms with Crippen molar-refractivity contribution in [1.29, 1.82) is 0 Å². The number of rotatable bonds is 8. The summed E-state index contributed by atoms with van der Waals surface area (Å²) in [5.74, 6) is 0.246. The van der Waals surface area contributed by atoms with Crippen molar-refractivity contribution < 1.29 is 31.1 Å². The number of nitrogens with zero attached hydrogens (tertiary/aromatic N) is 4. The Kier molecular flexibility index (Phi) is 9.12. The van der Waals surface area contributed by atoms with E-state index in [-0.39, 0.29) is 5.69 Å². The average Bonchev–Trinajstić information content (AvgIpc) is 2.92. The van der Waals surface area contributed by atoms with Crippen LogP contribution in [0.15, 0.2) is 54.6 Å². The lowest BCUT2D eigenvalue weighted by Gasteiger charge is -2.35. The maximum absolute atomic E-state index is 13.8. The summed E-state index contributed by atoms with van der Waals surface area (Å²) in [6, 6.07) is 14.2. The fourth-order valence-electron chi connectivity index (χ4n) is 4.38. The molecule has 0 saturated carbocycles. The first kappa shape index (κ1) is 31.2. The molecule has 0 atom stereocenters. The minimum absolute atomic E-state index is 0.127. The van der Waals surface area contributed by atoms with Crippen molar-refractivity contribution in [2.75, 3.05) is 37.7 Å². The molecule has 3 aromatic rings. The average molecular weight is 606 g/mol. The second kappa shape index (κ2) is 12.3. The van der Waals surface area contributed by atoms with Crippen LogP contribution in [0.2, 0.25) is 0 Å². The minimum Gasteiger partial charge on any atom is -0.494 e. The van der Waals surface area contributed by atoms with Gasteiger partial charge in [-0.1, -0.05) is 12.1 Å². The first-order chi connectivity index (χ1) is 19.7. The Morgan fingerprint density at radius 2 is 1.67 bits per heavy atom. The zero-order valence-corrected chi connectivity index (χ0v) is 24.7. The van der Waals surface area contributed by atoms with Crippen molar-refractivity contribution in [1.82, 2.24) is 19.8 Å². The summed E-state index contributed by atoms with van der Waals surface area (Å²) in [5.41, 5.74) is 0.831. The quantitative estimate of drug-likeness (QED) is 0.393. The number of sulfonamides is 1. The van der Waals surface area contributed by atoms with Crippen molar-refractivity contribution in [2.24, 2.45) is 0 Å². The zero-order chi connectivity index (χ0) is 30.7. The molecule has 226 valence electrons. The van der Waals surface area contributed by atoms with E-state index in [1.165, 1.54) is 32.9 Å². The van der Waals surface area contributed by atoms with E-state index in [9.17, 15) is 26.4 Å². The monoisotopic (exact) mass is 605 g/mol. The Morgan fingerprint density at radius 3 is 2.26 bits per heavy atom. The number of amides is 1. The minimum atomic E-state index is -4.49. The van der Waals surface area contributed by atoms with Crippen molar-refractivity contribution in [2.45, 2.75) is 45.2 Å². The van der Waals surface area contributed by atoms with E-state index in [1.807, 2.05) is 16.5 Å². The lowest BCUT2D eigenvalue weighted by molar-refractivity contribution is -0.137. The van der Waals surface area contributed by atoms with Gasteiger partial charge in [-0.25, -0.2) is 13.1 Å². The van der Waals surface area contributed by atoms with Crippen LogP contribution in [-0.2, 0) is 22.7 Å². The van der Waals surface area contributed by atoms with Crippen LogP contribution in [0.4, 0.5) is 19.0 Å². The van der Waals surface area contributed by atoms with E-state index in [1.54, 1.807) is 36.4 Å². The SMILES string of the molecule is CCOc1cccc(-c2cc(CN3CCN(c4ccc(C(=O)NS(=O)(=O)C(C)(C)C)nn4)CC3)cc(C(F)(F)F)c2)c1. The van der Waals surface area contributed by atoms with E-state index >= 15 is 0 Å². The molecule has 1 aliphatic rings. The van der Waals surface area contributed by atoms with Crippen LogP contribution in [-0.4, -0.2) is 67.0 Å². The predicted molar refractivity (Wildman–Crippen MR) is 154 cm³/mol. The number of ether oxygens (including phenoxy) is 1. The van der Waals surface area contributed by atoms with Gasteiger partial charge in [-0.15, -0.1) is 10.2 Å². The van der Waals surface area contributed by atoms with Crippen molar-refractivity contribution >= 4 is 21.7 Å². The highest BCUT2D eigenvalue weighted by atomic mass is 32.2. The molecular weight excluding hydrogens is 571 g/mol. The molecule has 2 heterocycles. The number of aromatic nitrogens is 2. The van der Waals surface area contributed by atoms with Gasteiger partial charge < -0.3 is 9.64 Å². The van der Waals surface area contributed by atoms with Gasteiger partial charge in [-0.05, 0) is 86.8 Å². The molecule has 0 aliphatic carbocycles. The predicted octanol–water partition coefficient (Wildman–Crippen LogP) is 4.74. The molecule has 0 radical (unpaired) electrons. The fraction of sp³-hybridized carbons (Fsp3) is 0.414. The summed E-state index contributed by atoms with van der Waals surface area (Å²) in [5, 5.41) is 7.99. The Balaban J connectivity index is 1.42. The smallest absolute Gasteiger partial charge is 0.416 e.